The molecule has 1 aromatic rings. The van der Waals surface area contributed by atoms with Gasteiger partial charge in [0.2, 0.25) is 0 Å². The molecule has 0 radical (unpaired) electrons. The molecule has 1 amide bonds. The van der Waals surface area contributed by atoms with E-state index in [1.54, 1.807) is 0 Å². The maximum absolute atomic E-state index is 12.8. The normalized spacial score (nSPS) is 26.6. The summed E-state index contributed by atoms with van der Waals surface area (Å²) in [6.07, 6.45) is 3.48. The number of carbonyl (C=O) groups is 1. The van der Waals surface area contributed by atoms with Crippen LogP contribution in [0, 0.1) is 0 Å². The van der Waals surface area contributed by atoms with Crippen molar-refractivity contribution in [2.75, 3.05) is 13.2 Å². The summed E-state index contributed by atoms with van der Waals surface area (Å²) in [5.41, 5.74) is 2.02. The molecule has 0 saturated carbocycles. The van der Waals surface area contributed by atoms with Gasteiger partial charge in [0.05, 0.1) is 17.3 Å². The van der Waals surface area contributed by atoms with Gasteiger partial charge in [-0.05, 0) is 64.1 Å². The second-order valence-electron chi connectivity index (χ2n) is 8.66. The molecule has 140 valence electrons. The molecule has 5 nitrogen and oxygen atoms in total. The first-order chi connectivity index (χ1) is 12.3. The molecule has 6 heteroatoms. The van der Waals surface area contributed by atoms with E-state index in [-0.39, 0.29) is 17.1 Å². The first-order valence-electron chi connectivity index (χ1n) is 9.66. The predicted octanol–water partition coefficient (Wildman–Crippen LogP) is 2.51. The van der Waals surface area contributed by atoms with Crippen molar-refractivity contribution >= 4 is 18.5 Å². The first kappa shape index (κ1) is 18.0. The Kier molecular flexibility index (Phi) is 4.41. The molecule has 0 aromatic heterocycles. The van der Waals surface area contributed by atoms with Gasteiger partial charge in [-0.2, -0.15) is 0 Å². The van der Waals surface area contributed by atoms with Crippen molar-refractivity contribution in [3.05, 3.63) is 29.3 Å². The van der Waals surface area contributed by atoms with E-state index in [1.165, 1.54) is 0 Å². The molecular formula is C20H28BNO4. The van der Waals surface area contributed by atoms with Crippen LogP contribution >= 0.6 is 0 Å². The third-order valence-electron chi connectivity index (χ3n) is 6.28. The zero-order valence-electron chi connectivity index (χ0n) is 16.2. The van der Waals surface area contributed by atoms with Crippen molar-refractivity contribution in [3.63, 3.8) is 0 Å². The molecule has 26 heavy (non-hydrogen) atoms. The minimum absolute atomic E-state index is 0.108. The smallest absolute Gasteiger partial charge is 0.399 e. The maximum Gasteiger partial charge on any atom is 0.494 e. The van der Waals surface area contributed by atoms with Crippen molar-refractivity contribution in [3.8, 4) is 0 Å². The first-order valence-corrected chi connectivity index (χ1v) is 9.66. The number of nitrogens with zero attached hydrogens (tertiary/aromatic N) is 1. The lowest BCUT2D eigenvalue weighted by Gasteiger charge is -2.32. The van der Waals surface area contributed by atoms with Crippen molar-refractivity contribution in [2.45, 2.75) is 70.8 Å². The topological polar surface area (TPSA) is 48.0 Å². The fourth-order valence-corrected chi connectivity index (χ4v) is 3.86. The number of hydrogen-bond acceptors (Lipinski definition) is 4. The van der Waals surface area contributed by atoms with Gasteiger partial charge in [0.15, 0.2) is 0 Å². The van der Waals surface area contributed by atoms with Crippen LogP contribution in [0.4, 0.5) is 0 Å². The van der Waals surface area contributed by atoms with E-state index in [0.717, 1.165) is 49.0 Å². The Balaban J connectivity index is 1.46. The van der Waals surface area contributed by atoms with Gasteiger partial charge < -0.3 is 18.9 Å². The number of fused-ring (bicyclic) bond motifs is 1. The highest BCUT2D eigenvalue weighted by molar-refractivity contribution is 6.62. The van der Waals surface area contributed by atoms with Crippen molar-refractivity contribution in [1.29, 1.82) is 0 Å². The summed E-state index contributed by atoms with van der Waals surface area (Å²) < 4.78 is 17.9. The van der Waals surface area contributed by atoms with Crippen LogP contribution in [-0.2, 0) is 20.6 Å². The second kappa shape index (κ2) is 6.36. The van der Waals surface area contributed by atoms with Gasteiger partial charge in [0.25, 0.3) is 5.91 Å². The number of benzene rings is 1. The lowest BCUT2D eigenvalue weighted by molar-refractivity contribution is 0.00578. The molecule has 3 heterocycles. The average Bonchev–Trinajstić information content (AvgIpc) is 3.24. The summed E-state index contributed by atoms with van der Waals surface area (Å²) in [6, 6.07) is 6.02. The van der Waals surface area contributed by atoms with Gasteiger partial charge in [-0.15, -0.1) is 0 Å². The van der Waals surface area contributed by atoms with Crippen LogP contribution in [0.5, 0.6) is 0 Å². The van der Waals surface area contributed by atoms with E-state index in [0.29, 0.717) is 12.6 Å². The molecule has 1 aromatic carbocycles. The molecule has 1 unspecified atom stereocenters. The van der Waals surface area contributed by atoms with E-state index in [1.807, 2.05) is 50.8 Å². The van der Waals surface area contributed by atoms with Crippen molar-refractivity contribution in [1.82, 2.24) is 4.90 Å². The van der Waals surface area contributed by atoms with Crippen LogP contribution in [0.25, 0.3) is 0 Å². The molecule has 3 aliphatic heterocycles. The predicted molar refractivity (Wildman–Crippen MR) is 100 cm³/mol. The Morgan fingerprint density at radius 3 is 2.58 bits per heavy atom. The van der Waals surface area contributed by atoms with Gasteiger partial charge in [-0.1, -0.05) is 12.1 Å². The Morgan fingerprint density at radius 1 is 1.19 bits per heavy atom. The zero-order valence-corrected chi connectivity index (χ0v) is 16.2. The molecule has 0 bridgehead atoms. The Hall–Kier alpha value is -1.37. The minimum Gasteiger partial charge on any atom is -0.399 e. The van der Waals surface area contributed by atoms with Crippen LogP contribution in [-0.4, -0.2) is 48.4 Å². The van der Waals surface area contributed by atoms with Crippen LogP contribution in [0.15, 0.2) is 18.2 Å². The Bertz CT molecular complexity index is 696. The maximum atomic E-state index is 12.8. The molecule has 1 atom stereocenters. The zero-order chi connectivity index (χ0) is 18.5. The third kappa shape index (κ3) is 3.08. The van der Waals surface area contributed by atoms with Crippen molar-refractivity contribution < 1.29 is 18.8 Å². The average molecular weight is 357 g/mol. The number of ether oxygens (including phenoxy) is 1. The molecule has 3 aliphatic rings. The lowest BCUT2D eigenvalue weighted by Crippen LogP contribution is -2.41. The fourth-order valence-electron chi connectivity index (χ4n) is 3.86. The molecule has 0 aliphatic carbocycles. The summed E-state index contributed by atoms with van der Waals surface area (Å²) in [5, 5.41) is 0. The number of carbonyl (C=O) groups excluding carboxylic acids is 1. The number of hydrogen-bond donors (Lipinski definition) is 0. The van der Waals surface area contributed by atoms with E-state index >= 15 is 0 Å². The molecule has 4 rings (SSSR count). The van der Waals surface area contributed by atoms with E-state index in [4.69, 9.17) is 14.0 Å². The molecule has 0 spiro atoms. The van der Waals surface area contributed by atoms with E-state index in [2.05, 4.69) is 0 Å². The highest BCUT2D eigenvalue weighted by Gasteiger charge is 2.52. The monoisotopic (exact) mass is 357 g/mol. The largest absolute Gasteiger partial charge is 0.494 e. The summed E-state index contributed by atoms with van der Waals surface area (Å²) in [7, 11) is -0.431. The Morgan fingerprint density at radius 2 is 1.92 bits per heavy atom. The molecule has 2 fully saturated rings. The van der Waals surface area contributed by atoms with E-state index in [9.17, 15) is 4.79 Å². The summed E-state index contributed by atoms with van der Waals surface area (Å²) in [6.45, 7) is 10.5. The van der Waals surface area contributed by atoms with Crippen LogP contribution < -0.4 is 5.46 Å². The SMILES string of the molecule is CC1(C)OB(c2ccc3c(c2)C(=O)N(CCC2CCCO2)C3)OC1(C)C. The third-order valence-corrected chi connectivity index (χ3v) is 6.28. The quantitative estimate of drug-likeness (QED) is 0.777. The molecule has 0 N–H and O–H groups in total. The highest BCUT2D eigenvalue weighted by atomic mass is 16.7. The van der Waals surface area contributed by atoms with Crippen molar-refractivity contribution in [2.24, 2.45) is 0 Å². The van der Waals surface area contributed by atoms with Gasteiger partial charge in [0.1, 0.15) is 0 Å². The lowest BCUT2D eigenvalue weighted by atomic mass is 9.78. The molecule has 2 saturated heterocycles. The second-order valence-corrected chi connectivity index (χ2v) is 8.66. The van der Waals surface area contributed by atoms with E-state index < -0.39 is 7.12 Å². The van der Waals surface area contributed by atoms with Crippen LogP contribution in [0.2, 0.25) is 0 Å². The summed E-state index contributed by atoms with van der Waals surface area (Å²) in [5.74, 6) is 0.108. The standard InChI is InChI=1S/C20H28BNO4/c1-19(2)20(3,4)26-21(25-19)15-8-7-14-13-22(18(23)17(14)12-15)10-9-16-6-5-11-24-16/h7-8,12,16H,5-6,9-11,13H2,1-4H3. The number of rotatable bonds is 4. The minimum atomic E-state index is -0.431. The van der Waals surface area contributed by atoms with Gasteiger partial charge >= 0.3 is 7.12 Å². The van der Waals surface area contributed by atoms with Gasteiger partial charge in [0, 0.05) is 25.3 Å². The summed E-state index contributed by atoms with van der Waals surface area (Å²) in [4.78, 5) is 14.8. The fraction of sp³-hybridized carbons (Fsp3) is 0.650. The van der Waals surface area contributed by atoms with Gasteiger partial charge in [-0.25, -0.2) is 0 Å². The number of amides is 1. The summed E-state index contributed by atoms with van der Waals surface area (Å²) >= 11 is 0. The Labute approximate surface area is 156 Å². The highest BCUT2D eigenvalue weighted by Crippen LogP contribution is 2.36. The van der Waals surface area contributed by atoms with Gasteiger partial charge in [-0.3, -0.25) is 4.79 Å². The molecular weight excluding hydrogens is 329 g/mol. The van der Waals surface area contributed by atoms with Crippen LogP contribution in [0.1, 0.15) is 62.9 Å². The van der Waals surface area contributed by atoms with Crippen LogP contribution in [0.3, 0.4) is 0 Å².